The summed E-state index contributed by atoms with van der Waals surface area (Å²) < 4.78 is 5.30. The number of pyridine rings is 1. The first-order valence-electron chi connectivity index (χ1n) is 8.20. The molecule has 2 aromatic heterocycles. The number of carbonyl (C=O) groups is 2. The Hall–Kier alpha value is -2.64. The number of halogens is 1. The van der Waals surface area contributed by atoms with Gasteiger partial charge in [-0.05, 0) is 44.5 Å². The van der Waals surface area contributed by atoms with Crippen molar-refractivity contribution in [3.8, 4) is 0 Å². The number of carbonyl (C=O) groups excluding carboxylic acids is 2. The molecule has 2 heterocycles. The van der Waals surface area contributed by atoms with Gasteiger partial charge in [-0.2, -0.15) is 0 Å². The van der Waals surface area contributed by atoms with Crippen LogP contribution in [0, 0.1) is 13.8 Å². The highest BCUT2D eigenvalue weighted by Gasteiger charge is 2.24. The average molecular weight is 404 g/mol. The van der Waals surface area contributed by atoms with Crippen molar-refractivity contribution in [3.63, 3.8) is 0 Å². The molecule has 0 radical (unpaired) electrons. The zero-order valence-electron chi connectivity index (χ0n) is 15.0. The van der Waals surface area contributed by atoms with Crippen LogP contribution < -0.4 is 11.1 Å². The van der Waals surface area contributed by atoms with Gasteiger partial charge in [0.05, 0.1) is 16.4 Å². The highest BCUT2D eigenvalue weighted by atomic mass is 35.5. The largest absolute Gasteiger partial charge is 0.448 e. The number of esters is 1. The first-order valence-corrected chi connectivity index (χ1v) is 9.40. The predicted octanol–water partition coefficient (Wildman–Crippen LogP) is 4.33. The molecular formula is C19H18ClN3O3S. The lowest BCUT2D eigenvalue weighted by Crippen LogP contribution is -2.30. The van der Waals surface area contributed by atoms with Crippen molar-refractivity contribution in [2.75, 3.05) is 11.1 Å². The Balaban J connectivity index is 1.78. The molecule has 1 aromatic carbocycles. The molecule has 1 unspecified atom stereocenters. The lowest BCUT2D eigenvalue weighted by Gasteiger charge is -2.14. The fraction of sp³-hybridized carbons (Fsp3) is 0.211. The number of rotatable bonds is 4. The van der Waals surface area contributed by atoms with E-state index in [4.69, 9.17) is 22.1 Å². The summed E-state index contributed by atoms with van der Waals surface area (Å²) in [7, 11) is 0. The Morgan fingerprint density at radius 1 is 1.30 bits per heavy atom. The molecule has 3 N–H and O–H groups in total. The van der Waals surface area contributed by atoms with E-state index in [0.29, 0.717) is 21.2 Å². The van der Waals surface area contributed by atoms with E-state index >= 15 is 0 Å². The third-order valence-electron chi connectivity index (χ3n) is 3.99. The summed E-state index contributed by atoms with van der Waals surface area (Å²) >= 11 is 7.18. The van der Waals surface area contributed by atoms with Gasteiger partial charge in [0, 0.05) is 11.1 Å². The Kier molecular flexibility index (Phi) is 5.34. The van der Waals surface area contributed by atoms with E-state index < -0.39 is 18.0 Å². The van der Waals surface area contributed by atoms with Crippen LogP contribution in [0.3, 0.4) is 0 Å². The lowest BCUT2D eigenvalue weighted by atomic mass is 10.1. The molecule has 0 fully saturated rings. The fourth-order valence-corrected chi connectivity index (χ4v) is 3.97. The maximum Gasteiger partial charge on any atom is 0.351 e. The fourth-order valence-electron chi connectivity index (χ4n) is 2.69. The number of hydrogen-bond donors (Lipinski definition) is 2. The van der Waals surface area contributed by atoms with Crippen molar-refractivity contribution in [2.45, 2.75) is 26.9 Å². The highest BCUT2D eigenvalue weighted by molar-refractivity contribution is 7.21. The molecule has 0 aliphatic carbocycles. The van der Waals surface area contributed by atoms with Gasteiger partial charge >= 0.3 is 5.97 Å². The molecule has 8 heteroatoms. The van der Waals surface area contributed by atoms with E-state index in [-0.39, 0.29) is 4.88 Å². The van der Waals surface area contributed by atoms with Crippen LogP contribution >= 0.6 is 22.9 Å². The Morgan fingerprint density at radius 2 is 2.00 bits per heavy atom. The van der Waals surface area contributed by atoms with E-state index in [1.807, 2.05) is 19.9 Å². The molecule has 0 spiro atoms. The van der Waals surface area contributed by atoms with E-state index in [2.05, 4.69) is 10.3 Å². The SMILES string of the molecule is Cc1cc(C)c2c(N)c(C(=O)OC(C)C(=O)Nc3ccccc3Cl)sc2n1. The first kappa shape index (κ1) is 19.1. The minimum atomic E-state index is -1.02. The molecule has 140 valence electrons. The number of nitrogen functional groups attached to an aromatic ring is 1. The van der Waals surface area contributed by atoms with Gasteiger partial charge in [-0.15, -0.1) is 11.3 Å². The van der Waals surface area contributed by atoms with Gasteiger partial charge in [0.1, 0.15) is 9.71 Å². The van der Waals surface area contributed by atoms with E-state index in [1.54, 1.807) is 24.3 Å². The number of thiophene rings is 1. The van der Waals surface area contributed by atoms with Crippen molar-refractivity contribution >= 4 is 56.4 Å². The van der Waals surface area contributed by atoms with Crippen LogP contribution in [0.5, 0.6) is 0 Å². The minimum absolute atomic E-state index is 0.239. The predicted molar refractivity (Wildman–Crippen MR) is 108 cm³/mol. The summed E-state index contributed by atoms with van der Waals surface area (Å²) in [4.78, 5) is 30.2. The smallest absolute Gasteiger partial charge is 0.351 e. The van der Waals surface area contributed by atoms with Gasteiger partial charge in [0.2, 0.25) is 0 Å². The number of nitrogens with two attached hydrogens (primary N) is 1. The first-order chi connectivity index (χ1) is 12.8. The standard InChI is InChI=1S/C19H18ClN3O3S/c1-9-8-10(2)22-18-14(9)15(21)16(27-18)19(25)26-11(3)17(24)23-13-7-5-4-6-12(13)20/h4-8,11H,21H2,1-3H3,(H,23,24). The number of ether oxygens (including phenoxy) is 1. The van der Waals surface area contributed by atoms with E-state index in [1.165, 1.54) is 6.92 Å². The Morgan fingerprint density at radius 3 is 2.70 bits per heavy atom. The van der Waals surface area contributed by atoms with Gasteiger partial charge < -0.3 is 15.8 Å². The second-order valence-corrected chi connectivity index (χ2v) is 7.53. The molecule has 27 heavy (non-hydrogen) atoms. The van der Waals surface area contributed by atoms with Crippen LogP contribution in [0.15, 0.2) is 30.3 Å². The molecule has 0 saturated carbocycles. The van der Waals surface area contributed by atoms with Gasteiger partial charge in [-0.3, -0.25) is 4.79 Å². The molecular weight excluding hydrogens is 386 g/mol. The second-order valence-electron chi connectivity index (χ2n) is 6.12. The third-order valence-corrected chi connectivity index (χ3v) is 5.40. The van der Waals surface area contributed by atoms with Gasteiger partial charge in [-0.1, -0.05) is 23.7 Å². The molecule has 1 atom stereocenters. The summed E-state index contributed by atoms with van der Waals surface area (Å²) in [5.74, 6) is -1.14. The number of fused-ring (bicyclic) bond motifs is 1. The van der Waals surface area contributed by atoms with E-state index in [9.17, 15) is 9.59 Å². The molecule has 0 bridgehead atoms. The molecule has 0 aliphatic rings. The van der Waals surface area contributed by atoms with E-state index in [0.717, 1.165) is 28.0 Å². The Bertz CT molecular complexity index is 1050. The number of amides is 1. The summed E-state index contributed by atoms with van der Waals surface area (Å²) in [5, 5.41) is 3.78. The molecule has 1 amide bonds. The number of nitrogens with zero attached hydrogens (tertiary/aromatic N) is 1. The number of aryl methyl sites for hydroxylation is 2. The topological polar surface area (TPSA) is 94.3 Å². The summed E-state index contributed by atoms with van der Waals surface area (Å²) in [5.41, 5.74) is 8.69. The van der Waals surface area contributed by atoms with Gasteiger partial charge in [-0.25, -0.2) is 9.78 Å². The minimum Gasteiger partial charge on any atom is -0.448 e. The maximum absolute atomic E-state index is 12.5. The number of benzene rings is 1. The van der Waals surface area contributed by atoms with Crippen molar-refractivity contribution in [1.29, 1.82) is 0 Å². The number of anilines is 2. The summed E-state index contributed by atoms with van der Waals surface area (Å²) in [6.45, 7) is 5.28. The van der Waals surface area contributed by atoms with Crippen molar-refractivity contribution < 1.29 is 14.3 Å². The number of para-hydroxylation sites is 1. The second kappa shape index (κ2) is 7.54. The third kappa shape index (κ3) is 3.89. The monoisotopic (exact) mass is 403 g/mol. The van der Waals surface area contributed by atoms with Gasteiger partial charge in [0.15, 0.2) is 6.10 Å². The number of aromatic nitrogens is 1. The highest BCUT2D eigenvalue weighted by Crippen LogP contribution is 2.35. The van der Waals surface area contributed by atoms with Crippen LogP contribution in [-0.2, 0) is 9.53 Å². The lowest BCUT2D eigenvalue weighted by molar-refractivity contribution is -0.123. The zero-order valence-corrected chi connectivity index (χ0v) is 16.6. The zero-order chi connectivity index (χ0) is 19.7. The van der Waals surface area contributed by atoms with Crippen LogP contribution in [0.25, 0.3) is 10.2 Å². The maximum atomic E-state index is 12.5. The number of nitrogens with one attached hydrogen (secondary N) is 1. The van der Waals surface area contributed by atoms with Crippen LogP contribution in [0.4, 0.5) is 11.4 Å². The summed E-state index contributed by atoms with van der Waals surface area (Å²) in [6, 6.07) is 8.72. The van der Waals surface area contributed by atoms with Crippen molar-refractivity contribution in [3.05, 3.63) is 51.5 Å². The quantitative estimate of drug-likeness (QED) is 0.632. The van der Waals surface area contributed by atoms with Crippen LogP contribution in [0.1, 0.15) is 27.9 Å². The van der Waals surface area contributed by atoms with Crippen LogP contribution in [-0.4, -0.2) is 23.0 Å². The molecule has 0 saturated heterocycles. The van der Waals surface area contributed by atoms with Crippen molar-refractivity contribution in [1.82, 2.24) is 4.98 Å². The summed E-state index contributed by atoms with van der Waals surface area (Å²) in [6.07, 6.45) is -1.02. The normalized spacial score (nSPS) is 12.0. The van der Waals surface area contributed by atoms with Crippen LogP contribution in [0.2, 0.25) is 5.02 Å². The average Bonchev–Trinajstić information content (AvgIpc) is 2.93. The van der Waals surface area contributed by atoms with Gasteiger partial charge in [0.25, 0.3) is 5.91 Å². The number of hydrogen-bond acceptors (Lipinski definition) is 6. The molecule has 3 aromatic rings. The molecule has 6 nitrogen and oxygen atoms in total. The van der Waals surface area contributed by atoms with Crippen molar-refractivity contribution in [2.24, 2.45) is 0 Å². The molecule has 0 aliphatic heterocycles. The molecule has 3 rings (SSSR count). The Labute approximate surface area is 165 Å².